The number of hydrogen-bond donors (Lipinski definition) is 1. The Kier molecular flexibility index (Phi) is 6.73. The number of hydrogen-bond acceptors (Lipinski definition) is 4. The molecule has 0 aliphatic rings. The van der Waals surface area contributed by atoms with Crippen LogP contribution in [0.15, 0.2) is 42.3 Å². The monoisotopic (exact) mass is 269 g/mol. The first-order valence-corrected chi connectivity index (χ1v) is 7.65. The summed E-state index contributed by atoms with van der Waals surface area (Å²) in [7, 11) is -3.08. The van der Waals surface area contributed by atoms with Crippen molar-refractivity contribution in [3.63, 3.8) is 0 Å². The molecule has 0 radical (unpaired) electrons. The Balaban J connectivity index is 2.45. The predicted molar refractivity (Wildman–Crippen MR) is 73.3 cm³/mol. The highest BCUT2D eigenvalue weighted by Crippen LogP contribution is 2.49. The van der Waals surface area contributed by atoms with Crippen molar-refractivity contribution >= 4 is 7.60 Å². The van der Waals surface area contributed by atoms with Gasteiger partial charge in [-0.05, 0) is 19.4 Å². The second-order valence-electron chi connectivity index (χ2n) is 3.56. The van der Waals surface area contributed by atoms with Crippen LogP contribution in [-0.4, -0.2) is 13.2 Å². The van der Waals surface area contributed by atoms with Gasteiger partial charge in [0.1, 0.15) is 0 Å². The van der Waals surface area contributed by atoms with Crippen LogP contribution in [-0.2, 0) is 20.2 Å². The van der Waals surface area contributed by atoms with E-state index in [1.54, 1.807) is 20.0 Å². The van der Waals surface area contributed by atoms with Crippen molar-refractivity contribution in [2.75, 3.05) is 13.2 Å². The average Bonchev–Trinajstić information content (AvgIpc) is 2.37. The van der Waals surface area contributed by atoms with E-state index in [2.05, 4.69) is 5.32 Å². The van der Waals surface area contributed by atoms with Crippen molar-refractivity contribution in [3.05, 3.63) is 47.9 Å². The summed E-state index contributed by atoms with van der Waals surface area (Å²) in [6.07, 6.45) is 1.62. The van der Waals surface area contributed by atoms with Crippen LogP contribution < -0.4 is 5.32 Å². The number of benzene rings is 1. The minimum atomic E-state index is -3.08. The van der Waals surface area contributed by atoms with E-state index in [0.29, 0.717) is 19.8 Å². The molecule has 18 heavy (non-hydrogen) atoms. The summed E-state index contributed by atoms with van der Waals surface area (Å²) < 4.78 is 22.3. The standard InChI is InChI=1S/C13H20NO3P/c1-3-16-18(15,17-4-2)11-10-14-12-13-8-6-5-7-9-13/h5-11,14H,3-4,12H2,1-2H3. The van der Waals surface area contributed by atoms with Crippen molar-refractivity contribution < 1.29 is 13.6 Å². The molecule has 1 aromatic carbocycles. The lowest BCUT2D eigenvalue weighted by Gasteiger charge is -2.12. The second-order valence-corrected chi connectivity index (χ2v) is 5.45. The van der Waals surface area contributed by atoms with Crippen molar-refractivity contribution in [1.82, 2.24) is 5.32 Å². The van der Waals surface area contributed by atoms with Gasteiger partial charge in [-0.2, -0.15) is 0 Å². The molecule has 1 rings (SSSR count). The van der Waals surface area contributed by atoms with Crippen LogP contribution in [0.2, 0.25) is 0 Å². The van der Waals surface area contributed by atoms with Gasteiger partial charge in [-0.15, -0.1) is 0 Å². The summed E-state index contributed by atoms with van der Waals surface area (Å²) in [6, 6.07) is 9.97. The van der Waals surface area contributed by atoms with Gasteiger partial charge in [0.2, 0.25) is 0 Å². The molecule has 0 unspecified atom stereocenters. The van der Waals surface area contributed by atoms with E-state index >= 15 is 0 Å². The Morgan fingerprint density at radius 3 is 2.33 bits per heavy atom. The maximum absolute atomic E-state index is 12.1. The molecule has 0 fully saturated rings. The van der Waals surface area contributed by atoms with Gasteiger partial charge in [0.25, 0.3) is 0 Å². The van der Waals surface area contributed by atoms with E-state index in [-0.39, 0.29) is 0 Å². The molecule has 0 aliphatic carbocycles. The average molecular weight is 269 g/mol. The first kappa shape index (κ1) is 15.0. The van der Waals surface area contributed by atoms with E-state index in [1.165, 1.54) is 5.82 Å². The van der Waals surface area contributed by atoms with E-state index in [9.17, 15) is 4.57 Å². The zero-order valence-corrected chi connectivity index (χ0v) is 11.7. The molecule has 0 aliphatic heterocycles. The Morgan fingerprint density at radius 2 is 1.78 bits per heavy atom. The highest BCUT2D eigenvalue weighted by Gasteiger charge is 2.18. The normalized spacial score (nSPS) is 11.9. The van der Waals surface area contributed by atoms with Gasteiger partial charge in [-0.25, -0.2) is 0 Å². The number of rotatable bonds is 8. The van der Waals surface area contributed by atoms with Crippen LogP contribution >= 0.6 is 7.60 Å². The molecule has 0 saturated carbocycles. The lowest BCUT2D eigenvalue weighted by Crippen LogP contribution is -2.04. The molecule has 5 heteroatoms. The summed E-state index contributed by atoms with van der Waals surface area (Å²) in [5, 5.41) is 3.06. The fourth-order valence-corrected chi connectivity index (χ4v) is 2.65. The summed E-state index contributed by atoms with van der Waals surface area (Å²) >= 11 is 0. The van der Waals surface area contributed by atoms with Crippen LogP contribution in [0.4, 0.5) is 0 Å². The molecular formula is C13H20NO3P. The van der Waals surface area contributed by atoms with E-state index < -0.39 is 7.60 Å². The third-order valence-electron chi connectivity index (χ3n) is 2.14. The lowest BCUT2D eigenvalue weighted by molar-refractivity contribution is 0.229. The minimum Gasteiger partial charge on any atom is -0.387 e. The lowest BCUT2D eigenvalue weighted by atomic mass is 10.2. The van der Waals surface area contributed by atoms with E-state index in [1.807, 2.05) is 30.3 Å². The van der Waals surface area contributed by atoms with Crippen molar-refractivity contribution in [2.24, 2.45) is 0 Å². The van der Waals surface area contributed by atoms with Crippen molar-refractivity contribution in [2.45, 2.75) is 20.4 Å². The smallest absolute Gasteiger partial charge is 0.355 e. The van der Waals surface area contributed by atoms with Crippen molar-refractivity contribution in [1.29, 1.82) is 0 Å². The van der Waals surface area contributed by atoms with Gasteiger partial charge < -0.3 is 14.4 Å². The van der Waals surface area contributed by atoms with Crippen LogP contribution in [0, 0.1) is 0 Å². The van der Waals surface area contributed by atoms with E-state index in [4.69, 9.17) is 9.05 Å². The Bertz CT molecular complexity index is 396. The largest absolute Gasteiger partial charge is 0.387 e. The molecule has 0 aromatic heterocycles. The topological polar surface area (TPSA) is 47.6 Å². The molecule has 100 valence electrons. The number of nitrogens with one attached hydrogen (secondary N) is 1. The Morgan fingerprint density at radius 1 is 1.17 bits per heavy atom. The molecule has 4 nitrogen and oxygen atoms in total. The fraction of sp³-hybridized carbons (Fsp3) is 0.385. The summed E-state index contributed by atoms with van der Waals surface area (Å²) in [5.74, 6) is 1.46. The third-order valence-corrected chi connectivity index (χ3v) is 3.89. The molecule has 0 saturated heterocycles. The van der Waals surface area contributed by atoms with Gasteiger partial charge in [0.05, 0.1) is 13.2 Å². The molecular weight excluding hydrogens is 249 g/mol. The Labute approximate surface area is 109 Å². The molecule has 0 heterocycles. The summed E-state index contributed by atoms with van der Waals surface area (Å²) in [4.78, 5) is 0. The first-order chi connectivity index (χ1) is 8.70. The molecule has 0 atom stereocenters. The molecule has 0 spiro atoms. The zero-order chi connectivity index (χ0) is 13.3. The Hall–Kier alpha value is -1.09. The highest BCUT2D eigenvalue weighted by atomic mass is 31.2. The van der Waals surface area contributed by atoms with Gasteiger partial charge >= 0.3 is 7.60 Å². The third kappa shape index (κ3) is 5.50. The van der Waals surface area contributed by atoms with E-state index in [0.717, 1.165) is 5.56 Å². The second kappa shape index (κ2) is 8.09. The molecule has 1 aromatic rings. The van der Waals surface area contributed by atoms with Gasteiger partial charge in [0, 0.05) is 18.6 Å². The van der Waals surface area contributed by atoms with Gasteiger partial charge in [-0.1, -0.05) is 30.3 Å². The SMILES string of the molecule is CCOP(=O)(C=CNCc1ccccc1)OCC. The molecule has 0 bridgehead atoms. The highest BCUT2D eigenvalue weighted by molar-refractivity contribution is 7.57. The van der Waals surface area contributed by atoms with Crippen LogP contribution in [0.25, 0.3) is 0 Å². The quantitative estimate of drug-likeness (QED) is 0.734. The predicted octanol–water partition coefficient (Wildman–Crippen LogP) is 3.51. The minimum absolute atomic E-state index is 0.361. The van der Waals surface area contributed by atoms with Crippen LogP contribution in [0.1, 0.15) is 19.4 Å². The van der Waals surface area contributed by atoms with Gasteiger partial charge in [-0.3, -0.25) is 4.57 Å². The molecule has 1 N–H and O–H groups in total. The first-order valence-electron chi connectivity index (χ1n) is 6.04. The zero-order valence-electron chi connectivity index (χ0n) is 10.8. The van der Waals surface area contributed by atoms with Crippen LogP contribution in [0.5, 0.6) is 0 Å². The van der Waals surface area contributed by atoms with Crippen molar-refractivity contribution in [3.8, 4) is 0 Å². The maximum atomic E-state index is 12.1. The summed E-state index contributed by atoms with van der Waals surface area (Å²) in [6.45, 7) is 4.98. The molecule has 0 amide bonds. The summed E-state index contributed by atoms with van der Waals surface area (Å²) in [5.41, 5.74) is 1.16. The van der Waals surface area contributed by atoms with Crippen LogP contribution in [0.3, 0.4) is 0 Å². The van der Waals surface area contributed by atoms with Gasteiger partial charge in [0.15, 0.2) is 0 Å². The maximum Gasteiger partial charge on any atom is 0.355 e. The fourth-order valence-electron chi connectivity index (χ4n) is 1.40.